The largest absolute Gasteiger partial charge is 0.481 e. The number of fused-ring (bicyclic) bond motifs is 2. The Kier molecular flexibility index (Phi) is 5.37. The van der Waals surface area contributed by atoms with Crippen LogP contribution in [0.15, 0.2) is 48.5 Å². The number of carbonyl (C=O) groups excluding carboxylic acids is 2. The molecule has 1 atom stereocenters. The van der Waals surface area contributed by atoms with Gasteiger partial charge in [-0.3, -0.25) is 14.4 Å². The topological polar surface area (TPSA) is 104 Å². The fourth-order valence-electron chi connectivity index (χ4n) is 3.96. The maximum atomic E-state index is 12.8. The fraction of sp³-hybridized carbons (Fsp3) is 0.261. The van der Waals surface area contributed by atoms with Crippen molar-refractivity contribution in [2.24, 2.45) is 7.05 Å². The van der Waals surface area contributed by atoms with Crippen molar-refractivity contribution in [2.45, 2.75) is 25.6 Å². The van der Waals surface area contributed by atoms with Gasteiger partial charge in [-0.15, -0.1) is 0 Å². The first-order valence-electron chi connectivity index (χ1n) is 10.0. The smallest absolute Gasteiger partial charge is 0.305 e. The minimum absolute atomic E-state index is 0.214. The number of aryl methyl sites for hydroxylation is 1. The summed E-state index contributed by atoms with van der Waals surface area (Å²) in [4.78, 5) is 37.8. The van der Waals surface area contributed by atoms with Crippen LogP contribution >= 0.6 is 0 Å². The summed E-state index contributed by atoms with van der Waals surface area (Å²) in [7, 11) is 3.60. The Hall–Kier alpha value is -3.81. The van der Waals surface area contributed by atoms with E-state index in [1.165, 1.54) is 4.90 Å². The zero-order chi connectivity index (χ0) is 22.1. The summed E-state index contributed by atoms with van der Waals surface area (Å²) >= 11 is 0. The summed E-state index contributed by atoms with van der Waals surface area (Å²) < 4.78 is 2.06. The molecule has 2 amide bonds. The number of nitrogens with zero attached hydrogens (tertiary/aromatic N) is 2. The van der Waals surface area contributed by atoms with E-state index in [1.54, 1.807) is 25.2 Å². The molecule has 0 spiro atoms. The molecule has 0 saturated carbocycles. The molecule has 3 aromatic rings. The molecular weight excluding hydrogens is 396 g/mol. The maximum Gasteiger partial charge on any atom is 0.305 e. The second-order valence-corrected chi connectivity index (χ2v) is 7.80. The number of para-hydroxylation sites is 1. The molecule has 160 valence electrons. The summed E-state index contributed by atoms with van der Waals surface area (Å²) in [5.41, 5.74) is 4.01. The lowest BCUT2D eigenvalue weighted by molar-refractivity contribution is -0.141. The minimum Gasteiger partial charge on any atom is -0.481 e. The number of nitrogens with one attached hydrogen (secondary N) is 2. The summed E-state index contributed by atoms with van der Waals surface area (Å²) in [6, 6.07) is 14.4. The number of likely N-dealkylation sites (N-methyl/N-ethyl adjacent to an activating group) is 1. The van der Waals surface area contributed by atoms with Crippen LogP contribution in [0.25, 0.3) is 10.9 Å². The summed E-state index contributed by atoms with van der Waals surface area (Å²) in [5, 5.41) is 16.2. The molecule has 2 aromatic carbocycles. The lowest BCUT2D eigenvalue weighted by Gasteiger charge is -2.19. The average molecular weight is 420 g/mol. The first-order valence-corrected chi connectivity index (χ1v) is 10.0. The molecule has 1 aromatic heterocycles. The van der Waals surface area contributed by atoms with E-state index in [-0.39, 0.29) is 18.2 Å². The number of carboxylic acids is 1. The predicted molar refractivity (Wildman–Crippen MR) is 117 cm³/mol. The van der Waals surface area contributed by atoms with Crippen molar-refractivity contribution in [2.75, 3.05) is 12.4 Å². The highest BCUT2D eigenvalue weighted by molar-refractivity contribution is 5.96. The predicted octanol–water partition coefficient (Wildman–Crippen LogP) is 2.34. The van der Waals surface area contributed by atoms with Crippen molar-refractivity contribution in [3.8, 4) is 0 Å². The molecule has 3 N–H and O–H groups in total. The lowest BCUT2D eigenvalue weighted by atomic mass is 10.1. The highest BCUT2D eigenvalue weighted by Crippen LogP contribution is 2.25. The second kappa shape index (κ2) is 8.14. The van der Waals surface area contributed by atoms with Crippen LogP contribution in [0.3, 0.4) is 0 Å². The van der Waals surface area contributed by atoms with Gasteiger partial charge in [0.15, 0.2) is 0 Å². The molecule has 31 heavy (non-hydrogen) atoms. The van der Waals surface area contributed by atoms with E-state index in [4.69, 9.17) is 5.11 Å². The lowest BCUT2D eigenvalue weighted by Crippen LogP contribution is -2.39. The number of aromatic nitrogens is 1. The van der Waals surface area contributed by atoms with Crippen molar-refractivity contribution in [1.82, 2.24) is 14.8 Å². The van der Waals surface area contributed by atoms with Gasteiger partial charge in [-0.05, 0) is 41.3 Å². The zero-order valence-electron chi connectivity index (χ0n) is 17.4. The number of rotatable bonds is 5. The number of anilines is 1. The number of hydrogen-bond donors (Lipinski definition) is 3. The molecule has 8 nitrogen and oxygen atoms in total. The number of amides is 2. The molecule has 0 bridgehead atoms. The quantitative estimate of drug-likeness (QED) is 0.588. The molecular formula is C23H24N4O4. The monoisotopic (exact) mass is 420 g/mol. The van der Waals surface area contributed by atoms with Crippen molar-refractivity contribution < 1.29 is 19.5 Å². The first-order chi connectivity index (χ1) is 14.8. The van der Waals surface area contributed by atoms with Crippen LogP contribution in [0, 0.1) is 0 Å². The third-order valence-corrected chi connectivity index (χ3v) is 5.64. The SMILES string of the molecule is CN1Cc2cc(C(=O)NCc3cc4ccccc4n3C)ccc2NC(CC(=O)O)C1=O. The molecule has 2 heterocycles. The molecule has 0 radical (unpaired) electrons. The van der Waals surface area contributed by atoms with Gasteiger partial charge >= 0.3 is 5.97 Å². The van der Waals surface area contributed by atoms with E-state index < -0.39 is 12.0 Å². The molecule has 1 aliphatic rings. The van der Waals surface area contributed by atoms with Gasteiger partial charge in [0, 0.05) is 43.1 Å². The van der Waals surface area contributed by atoms with Gasteiger partial charge in [0.1, 0.15) is 6.04 Å². The first kappa shape index (κ1) is 20.5. The molecule has 0 fully saturated rings. The van der Waals surface area contributed by atoms with Gasteiger partial charge in [0.2, 0.25) is 5.91 Å². The van der Waals surface area contributed by atoms with E-state index in [2.05, 4.69) is 21.3 Å². The Morgan fingerprint density at radius 3 is 2.68 bits per heavy atom. The van der Waals surface area contributed by atoms with E-state index in [9.17, 15) is 14.4 Å². The number of aliphatic carboxylic acids is 1. The van der Waals surface area contributed by atoms with Gasteiger partial charge in [-0.25, -0.2) is 0 Å². The Morgan fingerprint density at radius 1 is 1.16 bits per heavy atom. The molecule has 4 rings (SSSR count). The highest BCUT2D eigenvalue weighted by atomic mass is 16.4. The van der Waals surface area contributed by atoms with Crippen molar-refractivity contribution in [3.05, 3.63) is 65.4 Å². The van der Waals surface area contributed by atoms with Crippen LogP contribution in [-0.4, -0.2) is 45.4 Å². The Morgan fingerprint density at radius 2 is 1.94 bits per heavy atom. The third kappa shape index (κ3) is 4.09. The van der Waals surface area contributed by atoms with E-state index >= 15 is 0 Å². The molecule has 0 saturated heterocycles. The minimum atomic E-state index is -1.05. The Balaban J connectivity index is 1.51. The van der Waals surface area contributed by atoms with Crippen LogP contribution in [0.1, 0.15) is 28.0 Å². The number of hydrogen-bond acceptors (Lipinski definition) is 4. The maximum absolute atomic E-state index is 12.8. The summed E-state index contributed by atoms with van der Waals surface area (Å²) in [6.45, 7) is 0.681. The van der Waals surface area contributed by atoms with Crippen LogP contribution in [0.2, 0.25) is 0 Å². The van der Waals surface area contributed by atoms with Crippen LogP contribution in [-0.2, 0) is 29.7 Å². The van der Waals surface area contributed by atoms with Gasteiger partial charge in [0.05, 0.1) is 13.0 Å². The van der Waals surface area contributed by atoms with E-state index in [0.29, 0.717) is 24.3 Å². The second-order valence-electron chi connectivity index (χ2n) is 7.80. The number of carboxylic acid groups (broad SMARTS) is 1. The molecule has 1 aliphatic heterocycles. The van der Waals surface area contributed by atoms with Crippen molar-refractivity contribution in [1.29, 1.82) is 0 Å². The van der Waals surface area contributed by atoms with Crippen molar-refractivity contribution >= 4 is 34.4 Å². The Labute approximate surface area is 179 Å². The van der Waals surface area contributed by atoms with Crippen LogP contribution in [0.5, 0.6) is 0 Å². The van der Waals surface area contributed by atoms with E-state index in [1.807, 2.05) is 31.3 Å². The summed E-state index contributed by atoms with van der Waals surface area (Å²) in [5.74, 6) is -1.55. The zero-order valence-corrected chi connectivity index (χ0v) is 17.4. The van der Waals surface area contributed by atoms with Gasteiger partial charge in [-0.1, -0.05) is 18.2 Å². The standard InChI is InChI=1S/C23H24N4O4/c1-26-13-16-9-15(7-8-18(16)25-19(23(26)31)11-21(28)29)22(30)24-12-17-10-14-5-3-4-6-20(14)27(17)2/h3-10,19,25H,11-13H2,1-2H3,(H,24,30)(H,28,29). The van der Waals surface area contributed by atoms with Crippen molar-refractivity contribution in [3.63, 3.8) is 0 Å². The molecule has 1 unspecified atom stereocenters. The molecule has 8 heteroatoms. The third-order valence-electron chi connectivity index (χ3n) is 5.64. The number of carbonyl (C=O) groups is 3. The Bertz CT molecular complexity index is 1180. The molecule has 0 aliphatic carbocycles. The van der Waals surface area contributed by atoms with E-state index in [0.717, 1.165) is 22.2 Å². The van der Waals surface area contributed by atoms with Crippen LogP contribution < -0.4 is 10.6 Å². The number of benzene rings is 2. The van der Waals surface area contributed by atoms with Gasteiger partial charge in [-0.2, -0.15) is 0 Å². The average Bonchev–Trinajstić information content (AvgIpc) is 3.01. The summed E-state index contributed by atoms with van der Waals surface area (Å²) in [6.07, 6.45) is -0.310. The fourth-order valence-corrected chi connectivity index (χ4v) is 3.96. The highest BCUT2D eigenvalue weighted by Gasteiger charge is 2.29. The van der Waals surface area contributed by atoms with Crippen LogP contribution in [0.4, 0.5) is 5.69 Å². The van der Waals surface area contributed by atoms with Gasteiger partial charge < -0.3 is 25.2 Å². The van der Waals surface area contributed by atoms with Gasteiger partial charge in [0.25, 0.3) is 5.91 Å². The normalized spacial score (nSPS) is 15.9.